The number of hydrogen-bond donors (Lipinski definition) is 0. The summed E-state index contributed by atoms with van der Waals surface area (Å²) >= 11 is 0. The second-order valence-electron chi connectivity index (χ2n) is 12.9. The van der Waals surface area contributed by atoms with Crippen LogP contribution in [0.1, 0.15) is 0 Å². The zero-order valence-corrected chi connectivity index (χ0v) is 26.8. The highest BCUT2D eigenvalue weighted by Gasteiger charge is 2.21. The maximum atomic E-state index is 6.68. The molecule has 0 saturated carbocycles. The van der Waals surface area contributed by atoms with Gasteiger partial charge in [-0.2, -0.15) is 0 Å². The minimum Gasteiger partial charge on any atom is -0.456 e. The molecule has 11 aromatic rings. The second kappa shape index (κ2) is 10.4. The number of fused-ring (bicyclic) bond motifs is 11. The van der Waals surface area contributed by atoms with E-state index in [1.165, 1.54) is 5.39 Å². The fraction of sp³-hybridized carbons (Fsp3) is 0. The molecule has 50 heavy (non-hydrogen) atoms. The van der Waals surface area contributed by atoms with Crippen molar-refractivity contribution in [2.45, 2.75) is 0 Å². The van der Waals surface area contributed by atoms with Gasteiger partial charge in [-0.25, -0.2) is 0 Å². The molecular weight excluding hydrogens is 615 g/mol. The van der Waals surface area contributed by atoms with Gasteiger partial charge in [0.2, 0.25) is 0 Å². The van der Waals surface area contributed by atoms with E-state index in [1.807, 2.05) is 30.3 Å². The average molecular weight is 642 g/mol. The Morgan fingerprint density at radius 2 is 0.980 bits per heavy atom. The van der Waals surface area contributed by atoms with Gasteiger partial charge in [0, 0.05) is 55.3 Å². The number of benzene rings is 8. The van der Waals surface area contributed by atoms with Crippen LogP contribution in [0.4, 0.5) is 17.1 Å². The van der Waals surface area contributed by atoms with E-state index in [0.29, 0.717) is 0 Å². The van der Waals surface area contributed by atoms with Gasteiger partial charge in [0.1, 0.15) is 33.5 Å². The molecule has 8 aromatic carbocycles. The number of hydrogen-bond acceptors (Lipinski definition) is 4. The highest BCUT2D eigenvalue weighted by Crippen LogP contribution is 2.45. The van der Waals surface area contributed by atoms with Crippen LogP contribution in [0.3, 0.4) is 0 Å². The monoisotopic (exact) mass is 641 g/mol. The zero-order valence-electron chi connectivity index (χ0n) is 26.8. The maximum Gasteiger partial charge on any atom is 0.143 e. The minimum atomic E-state index is 0.846. The molecule has 0 aliphatic heterocycles. The van der Waals surface area contributed by atoms with E-state index in [9.17, 15) is 0 Å². The van der Waals surface area contributed by atoms with Crippen molar-refractivity contribution in [2.24, 2.45) is 0 Å². The summed E-state index contributed by atoms with van der Waals surface area (Å²) in [5.74, 6) is 0. The molecule has 0 amide bonds. The molecule has 0 saturated heterocycles. The van der Waals surface area contributed by atoms with Gasteiger partial charge in [-0.3, -0.25) is 0 Å². The standard InChI is InChI=1S/C46H27NO3/c1-2-10-32-28(9-1)21-25-37-36-14-7-13-33(45(36)50-46(32)37)29-19-22-30(23-20-29)47(31-24-26-35-34-11-3-5-16-40(34)49-43(35)27-31)39-15-8-18-42-44(39)38-12-4-6-17-41(38)48-42/h1-27H. The van der Waals surface area contributed by atoms with Crippen LogP contribution in [-0.4, -0.2) is 0 Å². The normalized spacial score (nSPS) is 12.0. The van der Waals surface area contributed by atoms with Crippen LogP contribution in [0.25, 0.3) is 87.7 Å². The molecule has 0 atom stereocenters. The van der Waals surface area contributed by atoms with Crippen molar-refractivity contribution in [3.8, 4) is 11.1 Å². The molecule has 0 fully saturated rings. The summed E-state index contributed by atoms with van der Waals surface area (Å²) in [4.78, 5) is 2.30. The predicted molar refractivity (Wildman–Crippen MR) is 206 cm³/mol. The lowest BCUT2D eigenvalue weighted by molar-refractivity contribution is 0.669. The van der Waals surface area contributed by atoms with Gasteiger partial charge in [-0.05, 0) is 65.5 Å². The van der Waals surface area contributed by atoms with Crippen LogP contribution in [0, 0.1) is 0 Å². The van der Waals surface area contributed by atoms with Crippen molar-refractivity contribution in [3.05, 3.63) is 164 Å². The SMILES string of the molecule is c1ccc2c(c1)ccc1c3cccc(-c4ccc(N(c5ccc6c(c5)oc5ccccc56)c5cccc6oc7ccccc7c56)cc4)c3oc21. The summed E-state index contributed by atoms with van der Waals surface area (Å²) in [5.41, 5.74) is 10.5. The highest BCUT2D eigenvalue weighted by molar-refractivity contribution is 6.17. The fourth-order valence-corrected chi connectivity index (χ4v) is 7.77. The molecule has 0 unspecified atom stereocenters. The zero-order chi connectivity index (χ0) is 32.8. The first-order valence-electron chi connectivity index (χ1n) is 16.8. The third-order valence-electron chi connectivity index (χ3n) is 10.1. The molecule has 11 rings (SSSR count). The molecule has 0 radical (unpaired) electrons. The first-order chi connectivity index (χ1) is 24.8. The van der Waals surface area contributed by atoms with E-state index in [2.05, 4.69) is 138 Å². The summed E-state index contributed by atoms with van der Waals surface area (Å²) in [6, 6.07) is 57.1. The van der Waals surface area contributed by atoms with Crippen molar-refractivity contribution >= 4 is 93.7 Å². The molecule has 0 spiro atoms. The fourth-order valence-electron chi connectivity index (χ4n) is 7.77. The molecule has 0 aliphatic carbocycles. The Morgan fingerprint density at radius 3 is 1.86 bits per heavy atom. The Bertz CT molecular complexity index is 3110. The van der Waals surface area contributed by atoms with Gasteiger partial charge in [-0.15, -0.1) is 0 Å². The highest BCUT2D eigenvalue weighted by atomic mass is 16.3. The topological polar surface area (TPSA) is 42.7 Å². The van der Waals surface area contributed by atoms with Crippen molar-refractivity contribution in [2.75, 3.05) is 4.90 Å². The van der Waals surface area contributed by atoms with E-state index < -0.39 is 0 Å². The molecule has 0 N–H and O–H groups in total. The summed E-state index contributed by atoms with van der Waals surface area (Å²) in [6.07, 6.45) is 0. The predicted octanol–water partition coefficient (Wildman–Crippen LogP) is 13.7. The molecule has 4 nitrogen and oxygen atoms in total. The van der Waals surface area contributed by atoms with E-state index >= 15 is 0 Å². The van der Waals surface area contributed by atoms with Gasteiger partial charge in [0.05, 0.1) is 11.1 Å². The Balaban J connectivity index is 1.11. The molecule has 234 valence electrons. The van der Waals surface area contributed by atoms with Crippen LogP contribution in [-0.2, 0) is 0 Å². The van der Waals surface area contributed by atoms with Crippen LogP contribution in [0.5, 0.6) is 0 Å². The van der Waals surface area contributed by atoms with Crippen molar-refractivity contribution in [3.63, 3.8) is 0 Å². The quantitative estimate of drug-likeness (QED) is 0.192. The van der Waals surface area contributed by atoms with Gasteiger partial charge in [0.25, 0.3) is 0 Å². The smallest absolute Gasteiger partial charge is 0.143 e. The number of rotatable bonds is 4. The van der Waals surface area contributed by atoms with Crippen molar-refractivity contribution < 1.29 is 13.3 Å². The number of nitrogens with zero attached hydrogens (tertiary/aromatic N) is 1. The molecule has 0 bridgehead atoms. The van der Waals surface area contributed by atoms with Gasteiger partial charge >= 0.3 is 0 Å². The third kappa shape index (κ3) is 3.93. The molecular formula is C46H27NO3. The number of para-hydroxylation sites is 3. The number of anilines is 3. The van der Waals surface area contributed by atoms with Crippen LogP contribution >= 0.6 is 0 Å². The van der Waals surface area contributed by atoms with Crippen LogP contribution < -0.4 is 4.90 Å². The van der Waals surface area contributed by atoms with Gasteiger partial charge < -0.3 is 18.2 Å². The van der Waals surface area contributed by atoms with E-state index in [0.717, 1.165) is 99.4 Å². The molecule has 3 heterocycles. The van der Waals surface area contributed by atoms with E-state index in [4.69, 9.17) is 13.3 Å². The summed E-state index contributed by atoms with van der Waals surface area (Å²) < 4.78 is 19.4. The minimum absolute atomic E-state index is 0.846. The lowest BCUT2D eigenvalue weighted by Crippen LogP contribution is -2.10. The van der Waals surface area contributed by atoms with Crippen molar-refractivity contribution in [1.82, 2.24) is 0 Å². The largest absolute Gasteiger partial charge is 0.456 e. The Kier molecular flexibility index (Phi) is 5.63. The van der Waals surface area contributed by atoms with E-state index in [1.54, 1.807) is 0 Å². The third-order valence-corrected chi connectivity index (χ3v) is 10.1. The Morgan fingerprint density at radius 1 is 0.360 bits per heavy atom. The molecule has 3 aromatic heterocycles. The first kappa shape index (κ1) is 27.2. The first-order valence-corrected chi connectivity index (χ1v) is 16.8. The van der Waals surface area contributed by atoms with Crippen LogP contribution in [0.15, 0.2) is 177 Å². The Labute approximate surface area is 286 Å². The van der Waals surface area contributed by atoms with Gasteiger partial charge in [0.15, 0.2) is 0 Å². The molecule has 0 aliphatic rings. The lowest BCUT2D eigenvalue weighted by Gasteiger charge is -2.26. The summed E-state index contributed by atoms with van der Waals surface area (Å²) in [7, 11) is 0. The van der Waals surface area contributed by atoms with Crippen LogP contribution in [0.2, 0.25) is 0 Å². The van der Waals surface area contributed by atoms with Gasteiger partial charge in [-0.1, -0.05) is 103 Å². The number of furan rings is 3. The lowest BCUT2D eigenvalue weighted by atomic mass is 10.0. The molecule has 4 heteroatoms. The summed E-state index contributed by atoms with van der Waals surface area (Å²) in [5, 5.41) is 8.90. The summed E-state index contributed by atoms with van der Waals surface area (Å²) in [6.45, 7) is 0. The van der Waals surface area contributed by atoms with Crippen molar-refractivity contribution in [1.29, 1.82) is 0 Å². The maximum absolute atomic E-state index is 6.68. The average Bonchev–Trinajstić information content (AvgIpc) is 3.87. The Hall–Kier alpha value is -6.78. The second-order valence-corrected chi connectivity index (χ2v) is 12.9. The van der Waals surface area contributed by atoms with E-state index in [-0.39, 0.29) is 0 Å².